The molecule has 1 amide bonds. The molecule has 3 aromatic heterocycles. The number of carbonyl (C=O) groups excluding carboxylic acids is 1. The van der Waals surface area contributed by atoms with Crippen LogP contribution in [0.5, 0.6) is 0 Å². The molecule has 0 unspecified atom stereocenters. The highest BCUT2D eigenvalue weighted by Gasteiger charge is 2.11. The maximum absolute atomic E-state index is 12.4. The first-order chi connectivity index (χ1) is 13.3. The SMILES string of the molecule is O=C(CSc1nnc2ccccn12)Nc1ccc2oc3ccccc3c2c1. The predicted molar refractivity (Wildman–Crippen MR) is 106 cm³/mol. The lowest BCUT2D eigenvalue weighted by Gasteiger charge is -2.05. The minimum absolute atomic E-state index is 0.0974. The Balaban J connectivity index is 1.33. The zero-order valence-corrected chi connectivity index (χ0v) is 14.9. The Morgan fingerprint density at radius 2 is 1.85 bits per heavy atom. The molecule has 0 aliphatic carbocycles. The summed E-state index contributed by atoms with van der Waals surface area (Å²) in [5, 5.41) is 13.9. The van der Waals surface area contributed by atoms with E-state index in [-0.39, 0.29) is 11.7 Å². The maximum atomic E-state index is 12.4. The minimum atomic E-state index is -0.0974. The van der Waals surface area contributed by atoms with Crippen molar-refractivity contribution in [3.8, 4) is 0 Å². The average Bonchev–Trinajstić information content (AvgIpc) is 3.27. The van der Waals surface area contributed by atoms with Crippen molar-refractivity contribution < 1.29 is 9.21 Å². The van der Waals surface area contributed by atoms with Gasteiger partial charge in [0.25, 0.3) is 0 Å². The molecule has 1 N–H and O–H groups in total. The van der Waals surface area contributed by atoms with Gasteiger partial charge >= 0.3 is 0 Å². The highest BCUT2D eigenvalue weighted by molar-refractivity contribution is 7.99. The lowest BCUT2D eigenvalue weighted by atomic mass is 10.1. The first-order valence-corrected chi connectivity index (χ1v) is 9.40. The van der Waals surface area contributed by atoms with Crippen molar-refractivity contribution in [1.29, 1.82) is 0 Å². The quantitative estimate of drug-likeness (QED) is 0.473. The lowest BCUT2D eigenvalue weighted by Crippen LogP contribution is -2.14. The minimum Gasteiger partial charge on any atom is -0.456 e. The third-order valence-electron chi connectivity index (χ3n) is 4.28. The molecule has 5 aromatic rings. The Hall–Kier alpha value is -3.32. The number of hydrogen-bond acceptors (Lipinski definition) is 5. The summed E-state index contributed by atoms with van der Waals surface area (Å²) in [4.78, 5) is 12.4. The first-order valence-electron chi connectivity index (χ1n) is 8.42. The zero-order valence-electron chi connectivity index (χ0n) is 14.1. The van der Waals surface area contributed by atoms with Gasteiger partial charge in [0.15, 0.2) is 10.8 Å². The van der Waals surface area contributed by atoms with Gasteiger partial charge in [0.2, 0.25) is 5.91 Å². The van der Waals surface area contributed by atoms with Crippen molar-refractivity contribution >= 4 is 50.9 Å². The van der Waals surface area contributed by atoms with Crippen LogP contribution in [0, 0.1) is 0 Å². The number of para-hydroxylation sites is 1. The fourth-order valence-electron chi connectivity index (χ4n) is 3.05. The molecule has 0 saturated heterocycles. The Morgan fingerprint density at radius 3 is 2.81 bits per heavy atom. The number of nitrogens with one attached hydrogen (secondary N) is 1. The summed E-state index contributed by atoms with van der Waals surface area (Å²) in [7, 11) is 0. The van der Waals surface area contributed by atoms with E-state index in [0.29, 0.717) is 5.16 Å². The number of aromatic nitrogens is 3. The van der Waals surface area contributed by atoms with E-state index in [9.17, 15) is 4.79 Å². The van der Waals surface area contributed by atoms with E-state index in [1.165, 1.54) is 11.8 Å². The summed E-state index contributed by atoms with van der Waals surface area (Å²) < 4.78 is 7.68. The Morgan fingerprint density at radius 1 is 1.00 bits per heavy atom. The molecule has 0 fully saturated rings. The molecule has 5 rings (SSSR count). The molecule has 0 bridgehead atoms. The van der Waals surface area contributed by atoms with Gasteiger partial charge in [-0.05, 0) is 36.4 Å². The number of hydrogen-bond donors (Lipinski definition) is 1. The molecule has 7 heteroatoms. The van der Waals surface area contributed by atoms with Gasteiger partial charge < -0.3 is 9.73 Å². The van der Waals surface area contributed by atoms with Gasteiger partial charge in [-0.2, -0.15) is 0 Å². The van der Waals surface area contributed by atoms with Crippen LogP contribution in [0.2, 0.25) is 0 Å². The standard InChI is InChI=1S/C20H14N4O2S/c25-19(12-27-20-23-22-18-7-3-4-10-24(18)20)21-13-8-9-17-15(11-13)14-5-1-2-6-16(14)26-17/h1-11H,12H2,(H,21,25). The van der Waals surface area contributed by atoms with Gasteiger partial charge in [-0.3, -0.25) is 9.20 Å². The van der Waals surface area contributed by atoms with Crippen LogP contribution in [0.4, 0.5) is 5.69 Å². The van der Waals surface area contributed by atoms with E-state index >= 15 is 0 Å². The number of anilines is 1. The van der Waals surface area contributed by atoms with Crippen molar-refractivity contribution in [3.05, 3.63) is 66.9 Å². The van der Waals surface area contributed by atoms with Gasteiger partial charge in [0.1, 0.15) is 11.2 Å². The van der Waals surface area contributed by atoms with Crippen LogP contribution in [0.15, 0.2) is 76.4 Å². The van der Waals surface area contributed by atoms with Gasteiger partial charge in [0, 0.05) is 22.7 Å². The second-order valence-electron chi connectivity index (χ2n) is 6.06. The molecule has 6 nitrogen and oxygen atoms in total. The second kappa shape index (κ2) is 6.44. The van der Waals surface area contributed by atoms with Crippen molar-refractivity contribution in [2.45, 2.75) is 5.16 Å². The van der Waals surface area contributed by atoms with Gasteiger partial charge in [-0.15, -0.1) is 10.2 Å². The molecule has 2 aromatic carbocycles. The van der Waals surface area contributed by atoms with Crippen LogP contribution >= 0.6 is 11.8 Å². The van der Waals surface area contributed by atoms with Crippen molar-refractivity contribution in [2.24, 2.45) is 0 Å². The van der Waals surface area contributed by atoms with Gasteiger partial charge in [-0.25, -0.2) is 0 Å². The van der Waals surface area contributed by atoms with Crippen molar-refractivity contribution in [1.82, 2.24) is 14.6 Å². The Bertz CT molecular complexity index is 1290. The lowest BCUT2D eigenvalue weighted by molar-refractivity contribution is -0.113. The highest BCUT2D eigenvalue weighted by atomic mass is 32.2. The molecule has 0 radical (unpaired) electrons. The van der Waals surface area contributed by atoms with E-state index < -0.39 is 0 Å². The fraction of sp³-hybridized carbons (Fsp3) is 0.0500. The molecule has 0 aliphatic rings. The van der Waals surface area contributed by atoms with E-state index in [4.69, 9.17) is 4.42 Å². The fourth-order valence-corrected chi connectivity index (χ4v) is 3.77. The van der Waals surface area contributed by atoms with Crippen LogP contribution < -0.4 is 5.32 Å². The molecule has 3 heterocycles. The van der Waals surface area contributed by atoms with E-state index in [1.54, 1.807) is 0 Å². The normalized spacial score (nSPS) is 11.4. The number of benzene rings is 2. The predicted octanol–water partition coefficient (Wildman–Crippen LogP) is 4.36. The van der Waals surface area contributed by atoms with Crippen LogP contribution in [0.25, 0.3) is 27.6 Å². The number of rotatable bonds is 4. The topological polar surface area (TPSA) is 72.4 Å². The Labute approximate surface area is 158 Å². The van der Waals surface area contributed by atoms with E-state index in [2.05, 4.69) is 15.5 Å². The maximum Gasteiger partial charge on any atom is 0.234 e. The summed E-state index contributed by atoms with van der Waals surface area (Å²) in [5.41, 5.74) is 3.15. The van der Waals surface area contributed by atoms with Crippen LogP contribution in [-0.4, -0.2) is 26.3 Å². The number of thioether (sulfide) groups is 1. The van der Waals surface area contributed by atoms with Crippen molar-refractivity contribution in [2.75, 3.05) is 11.1 Å². The molecule has 0 aliphatic heterocycles. The first kappa shape index (κ1) is 15.9. The summed E-state index contributed by atoms with van der Waals surface area (Å²) in [6.07, 6.45) is 1.88. The molecule has 27 heavy (non-hydrogen) atoms. The summed E-state index contributed by atoms with van der Waals surface area (Å²) >= 11 is 1.35. The molecule has 0 saturated carbocycles. The molecule has 0 spiro atoms. The van der Waals surface area contributed by atoms with E-state index in [0.717, 1.165) is 33.3 Å². The van der Waals surface area contributed by atoms with Crippen LogP contribution in [0.3, 0.4) is 0 Å². The Kier molecular flexibility index (Phi) is 3.79. The number of furan rings is 1. The molecular weight excluding hydrogens is 360 g/mol. The zero-order chi connectivity index (χ0) is 18.2. The number of pyridine rings is 1. The highest BCUT2D eigenvalue weighted by Crippen LogP contribution is 2.30. The van der Waals surface area contributed by atoms with E-state index in [1.807, 2.05) is 71.3 Å². The molecular formula is C20H14N4O2S. The molecule has 0 atom stereocenters. The molecule has 132 valence electrons. The number of amides is 1. The third-order valence-corrected chi connectivity index (χ3v) is 5.22. The number of nitrogens with zero attached hydrogens (tertiary/aromatic N) is 3. The largest absolute Gasteiger partial charge is 0.456 e. The number of carbonyl (C=O) groups is 1. The number of fused-ring (bicyclic) bond motifs is 4. The van der Waals surface area contributed by atoms with Gasteiger partial charge in [0.05, 0.1) is 5.75 Å². The summed E-state index contributed by atoms with van der Waals surface area (Å²) in [6, 6.07) is 19.2. The van der Waals surface area contributed by atoms with Gasteiger partial charge in [-0.1, -0.05) is 36.0 Å². The summed E-state index contributed by atoms with van der Waals surface area (Å²) in [6.45, 7) is 0. The van der Waals surface area contributed by atoms with Crippen molar-refractivity contribution in [3.63, 3.8) is 0 Å². The second-order valence-corrected chi connectivity index (χ2v) is 7.00. The monoisotopic (exact) mass is 374 g/mol. The third kappa shape index (κ3) is 2.92. The summed E-state index contributed by atoms with van der Waals surface area (Å²) in [5.74, 6) is 0.152. The van der Waals surface area contributed by atoms with Crippen LogP contribution in [0.1, 0.15) is 0 Å². The average molecular weight is 374 g/mol. The van der Waals surface area contributed by atoms with Crippen LogP contribution in [-0.2, 0) is 4.79 Å². The smallest absolute Gasteiger partial charge is 0.234 e.